The monoisotopic (exact) mass is 359 g/mol. The van der Waals surface area contributed by atoms with Crippen LogP contribution in [0, 0.1) is 6.07 Å². The number of carbonyl (C=O) groups is 1. The average Bonchev–Trinajstić information content (AvgIpc) is 3.01. The van der Waals surface area contributed by atoms with Crippen LogP contribution in [-0.4, -0.2) is 22.7 Å². The lowest BCUT2D eigenvalue weighted by molar-refractivity contribution is 0.100. The van der Waals surface area contributed by atoms with Crippen molar-refractivity contribution >= 4 is 27.7 Å². The maximum atomic E-state index is 12.0. The van der Waals surface area contributed by atoms with Gasteiger partial charge in [0.25, 0.3) is 0 Å². The van der Waals surface area contributed by atoms with Crippen LogP contribution in [0.3, 0.4) is 0 Å². The standard InChI is InChI=1S/C22H19N2O3/c1-27-20-8-3-2-5-15(20)12-24-18-7-4-6-17(22(23)26)21(18)16-10-9-14(13-25)11-19(16)24/h2-9,11,25H,12-13H2,1H3,(H2,23,26). The average molecular weight is 359 g/mol. The summed E-state index contributed by atoms with van der Waals surface area (Å²) in [5, 5.41) is 11.1. The molecular formula is C22H19N2O3. The lowest BCUT2D eigenvalue weighted by Gasteiger charge is -2.12. The Morgan fingerprint density at radius 1 is 1.19 bits per heavy atom. The second-order valence-corrected chi connectivity index (χ2v) is 6.39. The third-order valence-electron chi connectivity index (χ3n) is 4.82. The number of ether oxygens (including phenoxy) is 1. The van der Waals surface area contributed by atoms with E-state index in [1.807, 2.05) is 42.5 Å². The van der Waals surface area contributed by atoms with Crippen LogP contribution in [0.2, 0.25) is 0 Å². The summed E-state index contributed by atoms with van der Waals surface area (Å²) in [5.41, 5.74) is 9.62. The number of benzene rings is 3. The number of nitrogens with zero attached hydrogens (tertiary/aromatic N) is 1. The van der Waals surface area contributed by atoms with Gasteiger partial charge in [-0.2, -0.15) is 0 Å². The Morgan fingerprint density at radius 2 is 2.00 bits per heavy atom. The second kappa shape index (κ2) is 6.78. The first-order chi connectivity index (χ1) is 13.1. The zero-order valence-corrected chi connectivity index (χ0v) is 14.9. The molecule has 0 saturated heterocycles. The molecule has 0 aliphatic carbocycles. The molecule has 4 aromatic rings. The first kappa shape index (κ1) is 17.1. The predicted molar refractivity (Wildman–Crippen MR) is 105 cm³/mol. The summed E-state index contributed by atoms with van der Waals surface area (Å²) in [6.07, 6.45) is 0. The molecule has 3 aromatic carbocycles. The number of hydrogen-bond donors (Lipinski definition) is 2. The molecular weight excluding hydrogens is 340 g/mol. The van der Waals surface area contributed by atoms with Gasteiger partial charge in [0.15, 0.2) is 0 Å². The van der Waals surface area contributed by atoms with Crippen LogP contribution in [0.4, 0.5) is 0 Å². The van der Waals surface area contributed by atoms with E-state index in [1.54, 1.807) is 19.2 Å². The van der Waals surface area contributed by atoms with E-state index in [1.165, 1.54) is 0 Å². The Kier molecular flexibility index (Phi) is 4.30. The molecule has 0 unspecified atom stereocenters. The van der Waals surface area contributed by atoms with Gasteiger partial charge in [0.2, 0.25) is 5.91 Å². The molecule has 1 heterocycles. The highest BCUT2D eigenvalue weighted by atomic mass is 16.5. The van der Waals surface area contributed by atoms with Crippen LogP contribution in [0.5, 0.6) is 5.75 Å². The van der Waals surface area contributed by atoms with Gasteiger partial charge in [-0.05, 0) is 42.0 Å². The minimum absolute atomic E-state index is 0.0781. The Balaban J connectivity index is 2.05. The molecule has 0 atom stereocenters. The molecule has 5 heteroatoms. The highest BCUT2D eigenvalue weighted by Gasteiger charge is 2.17. The van der Waals surface area contributed by atoms with E-state index in [9.17, 15) is 9.90 Å². The Hall–Kier alpha value is -3.31. The molecule has 1 amide bonds. The summed E-state index contributed by atoms with van der Waals surface area (Å²) in [6.45, 7) is 0.472. The Bertz CT molecular complexity index is 1160. The quantitative estimate of drug-likeness (QED) is 0.574. The lowest BCUT2D eigenvalue weighted by atomic mass is 10.0. The second-order valence-electron chi connectivity index (χ2n) is 6.39. The fourth-order valence-electron chi connectivity index (χ4n) is 3.57. The SMILES string of the molecule is COc1ccccc1Cn1c2cc(CO)c[c]c2c2c(C(N)=O)cccc21. The van der Waals surface area contributed by atoms with Gasteiger partial charge in [0.1, 0.15) is 5.75 Å². The molecule has 0 fully saturated rings. The van der Waals surface area contributed by atoms with Crippen LogP contribution in [0.1, 0.15) is 21.5 Å². The summed E-state index contributed by atoms with van der Waals surface area (Å²) >= 11 is 0. The number of aliphatic hydroxyl groups is 1. The predicted octanol–water partition coefficient (Wildman–Crippen LogP) is 3.24. The van der Waals surface area contributed by atoms with Crippen LogP contribution < -0.4 is 10.5 Å². The number of methoxy groups -OCH3 is 1. The van der Waals surface area contributed by atoms with Crippen LogP contribution >= 0.6 is 0 Å². The minimum Gasteiger partial charge on any atom is -0.496 e. The minimum atomic E-state index is -0.475. The number of aromatic nitrogens is 1. The van der Waals surface area contributed by atoms with Gasteiger partial charge >= 0.3 is 0 Å². The Labute approximate surface area is 156 Å². The summed E-state index contributed by atoms with van der Waals surface area (Å²) in [5.74, 6) is 0.317. The van der Waals surface area contributed by atoms with E-state index in [0.29, 0.717) is 12.1 Å². The zero-order valence-electron chi connectivity index (χ0n) is 14.9. The van der Waals surface area contributed by atoms with Crippen LogP contribution in [-0.2, 0) is 13.2 Å². The molecule has 1 radical (unpaired) electrons. The fraction of sp³-hybridized carbons (Fsp3) is 0.136. The number of aliphatic hydroxyl groups excluding tert-OH is 1. The van der Waals surface area contributed by atoms with Crippen molar-refractivity contribution in [1.82, 2.24) is 4.57 Å². The molecule has 0 spiro atoms. The lowest BCUT2D eigenvalue weighted by Crippen LogP contribution is -2.11. The topological polar surface area (TPSA) is 77.5 Å². The van der Waals surface area contributed by atoms with Gasteiger partial charge in [-0.15, -0.1) is 0 Å². The van der Waals surface area contributed by atoms with E-state index < -0.39 is 5.91 Å². The van der Waals surface area contributed by atoms with Crippen LogP contribution in [0.15, 0.2) is 54.6 Å². The summed E-state index contributed by atoms with van der Waals surface area (Å²) < 4.78 is 7.59. The number of fused-ring (bicyclic) bond motifs is 3. The maximum Gasteiger partial charge on any atom is 0.249 e. The van der Waals surface area contributed by atoms with Crippen molar-refractivity contribution in [2.24, 2.45) is 5.73 Å². The maximum absolute atomic E-state index is 12.0. The third kappa shape index (κ3) is 2.82. The van der Waals surface area contributed by atoms with Gasteiger partial charge in [-0.3, -0.25) is 4.79 Å². The number of primary amides is 1. The summed E-state index contributed by atoms with van der Waals surface area (Å²) in [4.78, 5) is 12.0. The zero-order chi connectivity index (χ0) is 19.0. The largest absolute Gasteiger partial charge is 0.496 e. The summed E-state index contributed by atoms with van der Waals surface area (Å²) in [7, 11) is 1.65. The third-order valence-corrected chi connectivity index (χ3v) is 4.82. The fourth-order valence-corrected chi connectivity index (χ4v) is 3.57. The summed E-state index contributed by atoms with van der Waals surface area (Å²) in [6, 6.07) is 20.2. The van der Waals surface area contributed by atoms with Gasteiger partial charge in [-0.1, -0.05) is 24.3 Å². The molecule has 4 rings (SSSR count). The van der Waals surface area contributed by atoms with Gasteiger partial charge in [-0.25, -0.2) is 0 Å². The van der Waals surface area contributed by atoms with Crippen molar-refractivity contribution in [1.29, 1.82) is 0 Å². The molecule has 0 saturated carbocycles. The highest BCUT2D eigenvalue weighted by Crippen LogP contribution is 2.33. The van der Waals surface area contributed by atoms with Crippen LogP contribution in [0.25, 0.3) is 21.8 Å². The van der Waals surface area contributed by atoms with E-state index in [4.69, 9.17) is 10.5 Å². The first-order valence-corrected chi connectivity index (χ1v) is 8.62. The molecule has 1 aromatic heterocycles. The van der Waals surface area contributed by atoms with Crippen molar-refractivity contribution in [3.63, 3.8) is 0 Å². The highest BCUT2D eigenvalue weighted by molar-refractivity contribution is 6.17. The van der Waals surface area contributed by atoms with Gasteiger partial charge in [0, 0.05) is 21.9 Å². The van der Waals surface area contributed by atoms with Gasteiger partial charge in [0.05, 0.1) is 31.3 Å². The number of nitrogens with two attached hydrogens (primary N) is 1. The van der Waals surface area contributed by atoms with Crippen molar-refractivity contribution in [2.45, 2.75) is 13.2 Å². The number of carbonyl (C=O) groups excluding carboxylic acids is 1. The van der Waals surface area contributed by atoms with E-state index in [0.717, 1.165) is 38.7 Å². The number of hydrogen-bond acceptors (Lipinski definition) is 3. The molecule has 0 aliphatic rings. The van der Waals surface area contributed by atoms with Crippen molar-refractivity contribution in [3.8, 4) is 5.75 Å². The molecule has 3 N–H and O–H groups in total. The molecule has 27 heavy (non-hydrogen) atoms. The number of rotatable bonds is 5. The molecule has 135 valence electrons. The number of amides is 1. The number of para-hydroxylation sites is 1. The first-order valence-electron chi connectivity index (χ1n) is 8.62. The Morgan fingerprint density at radius 3 is 2.74 bits per heavy atom. The van der Waals surface area contributed by atoms with E-state index >= 15 is 0 Å². The normalized spacial score (nSPS) is 11.2. The van der Waals surface area contributed by atoms with E-state index in [2.05, 4.69) is 10.6 Å². The van der Waals surface area contributed by atoms with E-state index in [-0.39, 0.29) is 6.61 Å². The smallest absolute Gasteiger partial charge is 0.249 e. The van der Waals surface area contributed by atoms with Crippen molar-refractivity contribution in [3.05, 3.63) is 77.4 Å². The molecule has 0 aliphatic heterocycles. The molecule has 0 bridgehead atoms. The van der Waals surface area contributed by atoms with Crippen molar-refractivity contribution in [2.75, 3.05) is 7.11 Å². The molecule has 5 nitrogen and oxygen atoms in total. The van der Waals surface area contributed by atoms with Gasteiger partial charge < -0.3 is 20.1 Å². The van der Waals surface area contributed by atoms with Crippen molar-refractivity contribution < 1.29 is 14.6 Å².